The fourth-order valence-corrected chi connectivity index (χ4v) is 3.66. The molecule has 0 aliphatic heterocycles. The molecule has 0 bridgehead atoms. The number of hydrogen-bond acceptors (Lipinski definition) is 5. The first-order valence-electron chi connectivity index (χ1n) is 8.37. The van der Waals surface area contributed by atoms with Crippen molar-refractivity contribution in [1.29, 1.82) is 0 Å². The van der Waals surface area contributed by atoms with Crippen LogP contribution in [0.4, 0.5) is 5.82 Å². The normalized spacial score (nSPS) is 12.9. The van der Waals surface area contributed by atoms with Crippen LogP contribution in [0.15, 0.2) is 41.7 Å². The number of benzene rings is 1. The molecule has 0 fully saturated rings. The number of anilines is 1. The molecule has 2 N–H and O–H groups in total. The summed E-state index contributed by atoms with van der Waals surface area (Å²) in [5, 5.41) is 14.8. The number of carbonyl (C=O) groups is 1. The average molecular weight is 369 g/mol. The number of nitrogens with one attached hydrogen (secondary N) is 2. The molecule has 3 heterocycles. The summed E-state index contributed by atoms with van der Waals surface area (Å²) in [4.78, 5) is 17.1. The number of carbonyl (C=O) groups excluding carboxylic acids is 1. The molecular weight excluding hydrogens is 350 g/mol. The molecule has 0 aliphatic carbocycles. The van der Waals surface area contributed by atoms with Crippen molar-refractivity contribution in [3.8, 4) is 0 Å². The van der Waals surface area contributed by atoms with Crippen molar-refractivity contribution in [3.63, 3.8) is 0 Å². The van der Waals surface area contributed by atoms with E-state index in [1.807, 2.05) is 49.4 Å². The highest BCUT2D eigenvalue weighted by Gasteiger charge is 2.21. The van der Waals surface area contributed by atoms with Crippen LogP contribution >= 0.6 is 11.8 Å². The molecule has 0 saturated heterocycles. The topological polar surface area (TPSA) is 92.9 Å². The lowest BCUT2D eigenvalue weighted by Gasteiger charge is -2.14. The second-order valence-corrected chi connectivity index (χ2v) is 7.58. The monoisotopic (exact) mass is 369 g/mol. The zero-order valence-electron chi connectivity index (χ0n) is 14.7. The highest BCUT2D eigenvalue weighted by Crippen LogP contribution is 2.26. The van der Waals surface area contributed by atoms with Gasteiger partial charge in [-0.05, 0) is 32.9 Å². The van der Waals surface area contributed by atoms with Crippen molar-refractivity contribution >= 4 is 40.3 Å². The van der Waals surface area contributed by atoms with Crippen molar-refractivity contribution in [3.05, 3.63) is 36.5 Å². The SMILES string of the molecule is CC(C)n1nccc1NC(=O)[C@@H](C)Sc1n[nH]c2nc3ccccc3n12. The first-order chi connectivity index (χ1) is 12.5. The molecule has 4 aromatic rings. The molecule has 134 valence electrons. The van der Waals surface area contributed by atoms with E-state index in [4.69, 9.17) is 0 Å². The molecule has 0 spiro atoms. The summed E-state index contributed by atoms with van der Waals surface area (Å²) in [7, 11) is 0. The van der Waals surface area contributed by atoms with Gasteiger partial charge in [0.15, 0.2) is 5.16 Å². The standard InChI is InChI=1S/C17H19N7OS/c1-10(2)24-14(8-9-18-24)20-15(25)11(3)26-17-22-21-16-19-12-6-4-5-7-13(12)23(16)17/h4-11H,1-3H3,(H,19,21)(H,20,25)/t11-/m1/s1. The molecule has 9 heteroatoms. The number of rotatable bonds is 5. The van der Waals surface area contributed by atoms with E-state index < -0.39 is 0 Å². The first-order valence-corrected chi connectivity index (χ1v) is 9.25. The maximum Gasteiger partial charge on any atom is 0.238 e. The number of aromatic amines is 1. The van der Waals surface area contributed by atoms with Crippen molar-refractivity contribution in [2.24, 2.45) is 0 Å². The van der Waals surface area contributed by atoms with Crippen LogP contribution in [-0.2, 0) is 4.79 Å². The van der Waals surface area contributed by atoms with Gasteiger partial charge < -0.3 is 5.32 Å². The molecule has 1 aromatic carbocycles. The van der Waals surface area contributed by atoms with Crippen LogP contribution < -0.4 is 5.32 Å². The minimum absolute atomic E-state index is 0.0991. The summed E-state index contributed by atoms with van der Waals surface area (Å²) in [6.07, 6.45) is 1.68. The first kappa shape index (κ1) is 16.6. The summed E-state index contributed by atoms with van der Waals surface area (Å²) in [6, 6.07) is 9.82. The second-order valence-electron chi connectivity index (χ2n) is 6.27. The third-order valence-electron chi connectivity index (χ3n) is 4.07. The number of thioether (sulfide) groups is 1. The van der Waals surface area contributed by atoms with Gasteiger partial charge in [-0.1, -0.05) is 23.9 Å². The lowest BCUT2D eigenvalue weighted by Crippen LogP contribution is -2.24. The molecule has 26 heavy (non-hydrogen) atoms. The molecular formula is C17H19N7OS. The Kier molecular flexibility index (Phi) is 4.15. The lowest BCUT2D eigenvalue weighted by molar-refractivity contribution is -0.115. The maximum absolute atomic E-state index is 12.6. The Morgan fingerprint density at radius 2 is 2.04 bits per heavy atom. The van der Waals surface area contributed by atoms with Crippen molar-refractivity contribution < 1.29 is 4.79 Å². The number of imidazole rings is 1. The third kappa shape index (κ3) is 2.84. The van der Waals surface area contributed by atoms with Crippen LogP contribution in [0.2, 0.25) is 0 Å². The van der Waals surface area contributed by atoms with Gasteiger partial charge in [0.05, 0.1) is 22.5 Å². The fraction of sp³-hybridized carbons (Fsp3) is 0.294. The summed E-state index contributed by atoms with van der Waals surface area (Å²) >= 11 is 1.38. The molecule has 4 rings (SSSR count). The Balaban J connectivity index is 1.56. The van der Waals surface area contributed by atoms with Gasteiger partial charge in [-0.25, -0.2) is 14.8 Å². The molecule has 0 saturated carbocycles. The zero-order chi connectivity index (χ0) is 18.3. The van der Waals surface area contributed by atoms with Gasteiger partial charge in [0.2, 0.25) is 11.7 Å². The summed E-state index contributed by atoms with van der Waals surface area (Å²) < 4.78 is 3.72. The number of fused-ring (bicyclic) bond motifs is 3. The lowest BCUT2D eigenvalue weighted by atomic mass is 10.3. The largest absolute Gasteiger partial charge is 0.310 e. The molecule has 3 aromatic heterocycles. The average Bonchev–Trinajstić information content (AvgIpc) is 3.30. The van der Waals surface area contributed by atoms with E-state index in [1.165, 1.54) is 11.8 Å². The smallest absolute Gasteiger partial charge is 0.238 e. The predicted octanol–water partition coefficient (Wildman–Crippen LogP) is 3.11. The molecule has 1 amide bonds. The van der Waals surface area contributed by atoms with Gasteiger partial charge in [0.25, 0.3) is 0 Å². The van der Waals surface area contributed by atoms with E-state index in [2.05, 4.69) is 25.6 Å². The van der Waals surface area contributed by atoms with Crippen LogP contribution in [-0.4, -0.2) is 40.5 Å². The molecule has 8 nitrogen and oxygen atoms in total. The number of amides is 1. The number of para-hydroxylation sites is 2. The Bertz CT molecular complexity index is 1080. The molecule has 0 aliphatic rings. The Morgan fingerprint density at radius 1 is 1.23 bits per heavy atom. The van der Waals surface area contributed by atoms with Crippen LogP contribution in [0.25, 0.3) is 16.8 Å². The zero-order valence-corrected chi connectivity index (χ0v) is 15.5. The van der Waals surface area contributed by atoms with E-state index in [9.17, 15) is 4.79 Å². The number of nitrogens with zero attached hydrogens (tertiary/aromatic N) is 5. The quantitative estimate of drug-likeness (QED) is 0.527. The van der Waals surface area contributed by atoms with Crippen LogP contribution in [0.5, 0.6) is 0 Å². The minimum Gasteiger partial charge on any atom is -0.310 e. The number of H-pyrrole nitrogens is 1. The Labute approximate surface area is 154 Å². The number of hydrogen-bond donors (Lipinski definition) is 2. The second kappa shape index (κ2) is 6.49. The van der Waals surface area contributed by atoms with Crippen molar-refractivity contribution in [2.75, 3.05) is 5.32 Å². The predicted molar refractivity (Wildman–Crippen MR) is 101 cm³/mol. The van der Waals surface area contributed by atoms with Gasteiger partial charge in [0, 0.05) is 12.1 Å². The van der Waals surface area contributed by atoms with Gasteiger partial charge in [-0.15, -0.1) is 5.10 Å². The van der Waals surface area contributed by atoms with E-state index in [-0.39, 0.29) is 17.2 Å². The Hall–Kier alpha value is -2.81. The molecule has 1 atom stereocenters. The van der Waals surface area contributed by atoms with Crippen molar-refractivity contribution in [1.82, 2.24) is 29.4 Å². The number of aromatic nitrogens is 6. The fourth-order valence-electron chi connectivity index (χ4n) is 2.79. The van der Waals surface area contributed by atoms with Crippen LogP contribution in [0.3, 0.4) is 0 Å². The van der Waals surface area contributed by atoms with E-state index in [0.717, 1.165) is 11.0 Å². The van der Waals surface area contributed by atoms with E-state index in [1.54, 1.807) is 16.9 Å². The summed E-state index contributed by atoms with van der Waals surface area (Å²) in [5.74, 6) is 1.26. The minimum atomic E-state index is -0.335. The summed E-state index contributed by atoms with van der Waals surface area (Å²) in [6.45, 7) is 5.90. The van der Waals surface area contributed by atoms with Crippen molar-refractivity contribution in [2.45, 2.75) is 37.2 Å². The van der Waals surface area contributed by atoms with Gasteiger partial charge >= 0.3 is 0 Å². The van der Waals surface area contributed by atoms with Gasteiger partial charge in [0.1, 0.15) is 5.82 Å². The third-order valence-corrected chi connectivity index (χ3v) is 5.12. The Morgan fingerprint density at radius 3 is 2.85 bits per heavy atom. The van der Waals surface area contributed by atoms with Crippen LogP contribution in [0.1, 0.15) is 26.8 Å². The van der Waals surface area contributed by atoms with E-state index >= 15 is 0 Å². The molecule has 0 radical (unpaired) electrons. The van der Waals surface area contributed by atoms with Gasteiger partial charge in [-0.3, -0.25) is 9.20 Å². The highest BCUT2D eigenvalue weighted by atomic mass is 32.2. The maximum atomic E-state index is 12.6. The summed E-state index contributed by atoms with van der Waals surface area (Å²) in [5.41, 5.74) is 1.85. The molecule has 0 unspecified atom stereocenters. The van der Waals surface area contributed by atoms with E-state index in [0.29, 0.717) is 16.8 Å². The van der Waals surface area contributed by atoms with Crippen LogP contribution in [0, 0.1) is 0 Å². The van der Waals surface area contributed by atoms with Gasteiger partial charge in [-0.2, -0.15) is 5.10 Å². The highest BCUT2D eigenvalue weighted by molar-refractivity contribution is 8.00.